The molecule has 2 rings (SSSR count). The van der Waals surface area contributed by atoms with Gasteiger partial charge in [0.05, 0.1) is 5.92 Å². The molecule has 118 valence electrons. The van der Waals surface area contributed by atoms with Crippen LogP contribution >= 0.6 is 0 Å². The highest BCUT2D eigenvalue weighted by molar-refractivity contribution is 5.34. The summed E-state index contributed by atoms with van der Waals surface area (Å²) in [6, 6.07) is 6.03. The van der Waals surface area contributed by atoms with Crippen LogP contribution in [-0.2, 0) is 0 Å². The van der Waals surface area contributed by atoms with E-state index in [4.69, 9.17) is 0 Å². The van der Waals surface area contributed by atoms with Crippen molar-refractivity contribution in [1.82, 2.24) is 5.32 Å². The second-order valence-electron chi connectivity index (χ2n) is 5.73. The molecule has 1 aromatic rings. The Kier molecular flexibility index (Phi) is 5.14. The minimum atomic E-state index is -4.16. The molecule has 2 N–H and O–H groups in total. The molecular formula is C16H22F3NO. The van der Waals surface area contributed by atoms with Crippen molar-refractivity contribution >= 4 is 0 Å². The SMILES string of the molecule is CCC(NC1CCCCC1C(F)(F)F)c1ccccc1O. The highest BCUT2D eigenvalue weighted by Gasteiger charge is 2.45. The summed E-state index contributed by atoms with van der Waals surface area (Å²) < 4.78 is 39.4. The summed E-state index contributed by atoms with van der Waals surface area (Å²) in [6.45, 7) is 1.91. The van der Waals surface area contributed by atoms with E-state index in [1.807, 2.05) is 6.92 Å². The van der Waals surface area contributed by atoms with Gasteiger partial charge in [-0.1, -0.05) is 38.0 Å². The molecule has 1 aliphatic carbocycles. The first-order valence-electron chi connectivity index (χ1n) is 7.54. The van der Waals surface area contributed by atoms with E-state index in [1.165, 1.54) is 0 Å². The van der Waals surface area contributed by atoms with Crippen molar-refractivity contribution in [3.05, 3.63) is 29.8 Å². The Labute approximate surface area is 123 Å². The third-order valence-electron chi connectivity index (χ3n) is 4.32. The zero-order chi connectivity index (χ0) is 15.5. The second kappa shape index (κ2) is 6.69. The molecule has 0 heterocycles. The van der Waals surface area contributed by atoms with E-state index in [0.717, 1.165) is 6.42 Å². The lowest BCUT2D eigenvalue weighted by atomic mass is 9.83. The molecule has 2 nitrogen and oxygen atoms in total. The van der Waals surface area contributed by atoms with Gasteiger partial charge < -0.3 is 10.4 Å². The number of phenols is 1. The number of rotatable bonds is 4. The van der Waals surface area contributed by atoms with Crippen LogP contribution in [0.4, 0.5) is 13.2 Å². The zero-order valence-corrected chi connectivity index (χ0v) is 12.2. The van der Waals surface area contributed by atoms with Crippen LogP contribution in [0.15, 0.2) is 24.3 Å². The van der Waals surface area contributed by atoms with Crippen LogP contribution in [-0.4, -0.2) is 17.3 Å². The van der Waals surface area contributed by atoms with Crippen LogP contribution in [0.3, 0.4) is 0 Å². The fourth-order valence-electron chi connectivity index (χ4n) is 3.19. The number of phenolic OH excluding ortho intramolecular Hbond substituents is 1. The molecule has 3 unspecified atom stereocenters. The molecule has 1 aromatic carbocycles. The van der Waals surface area contributed by atoms with Gasteiger partial charge in [0.25, 0.3) is 0 Å². The number of aromatic hydroxyl groups is 1. The molecule has 1 fully saturated rings. The fourth-order valence-corrected chi connectivity index (χ4v) is 3.19. The van der Waals surface area contributed by atoms with Crippen LogP contribution in [0.25, 0.3) is 0 Å². The van der Waals surface area contributed by atoms with E-state index in [1.54, 1.807) is 24.3 Å². The molecule has 5 heteroatoms. The minimum absolute atomic E-state index is 0.135. The standard InChI is InChI=1S/C16H22F3NO/c1-2-13(11-7-3-6-10-15(11)21)20-14-9-5-4-8-12(14)16(17,18)19/h3,6-7,10,12-14,20-21H,2,4-5,8-9H2,1H3. The number of hydrogen-bond acceptors (Lipinski definition) is 2. The molecule has 21 heavy (non-hydrogen) atoms. The molecule has 0 bridgehead atoms. The van der Waals surface area contributed by atoms with Gasteiger partial charge in [-0.3, -0.25) is 0 Å². The van der Waals surface area contributed by atoms with Gasteiger partial charge in [-0.05, 0) is 25.3 Å². The molecule has 3 atom stereocenters. The van der Waals surface area contributed by atoms with Gasteiger partial charge in [0.2, 0.25) is 0 Å². The molecule has 1 aliphatic rings. The second-order valence-corrected chi connectivity index (χ2v) is 5.73. The van der Waals surface area contributed by atoms with Crippen molar-refractivity contribution < 1.29 is 18.3 Å². The summed E-state index contributed by atoms with van der Waals surface area (Å²) in [6.07, 6.45) is -1.34. The number of hydrogen-bond donors (Lipinski definition) is 2. The molecule has 0 aromatic heterocycles. The quantitative estimate of drug-likeness (QED) is 0.855. The Balaban J connectivity index is 2.15. The van der Waals surface area contributed by atoms with Crippen molar-refractivity contribution in [3.63, 3.8) is 0 Å². The van der Waals surface area contributed by atoms with Gasteiger partial charge >= 0.3 is 6.18 Å². The van der Waals surface area contributed by atoms with Gasteiger partial charge in [0, 0.05) is 17.6 Å². The third kappa shape index (κ3) is 3.90. The number of para-hydroxylation sites is 1. The maximum absolute atomic E-state index is 13.1. The lowest BCUT2D eigenvalue weighted by Gasteiger charge is -2.36. The van der Waals surface area contributed by atoms with Crippen molar-refractivity contribution in [2.45, 2.75) is 57.3 Å². The molecular weight excluding hydrogens is 279 g/mol. The van der Waals surface area contributed by atoms with Crippen LogP contribution in [0.1, 0.15) is 50.6 Å². The van der Waals surface area contributed by atoms with Gasteiger partial charge in [-0.15, -0.1) is 0 Å². The Morgan fingerprint density at radius 1 is 1.24 bits per heavy atom. The summed E-state index contributed by atoms with van der Waals surface area (Å²) in [5.74, 6) is -1.15. The van der Waals surface area contributed by atoms with Gasteiger partial charge in [0.1, 0.15) is 5.75 Å². The predicted octanol–water partition coefficient (Wildman–Crippen LogP) is 4.55. The first-order chi connectivity index (χ1) is 9.93. The lowest BCUT2D eigenvalue weighted by Crippen LogP contribution is -2.46. The number of benzene rings is 1. The molecule has 0 spiro atoms. The lowest BCUT2D eigenvalue weighted by molar-refractivity contribution is -0.189. The van der Waals surface area contributed by atoms with Crippen molar-refractivity contribution in [1.29, 1.82) is 0 Å². The predicted molar refractivity (Wildman–Crippen MR) is 76.1 cm³/mol. The molecule has 0 radical (unpaired) electrons. The topological polar surface area (TPSA) is 32.3 Å². The largest absolute Gasteiger partial charge is 0.508 e. The highest BCUT2D eigenvalue weighted by Crippen LogP contribution is 2.39. The van der Waals surface area contributed by atoms with Crippen molar-refractivity contribution in [2.24, 2.45) is 5.92 Å². The average molecular weight is 301 g/mol. The normalized spacial score (nSPS) is 24.8. The maximum Gasteiger partial charge on any atom is 0.393 e. The van der Waals surface area contributed by atoms with E-state index in [0.29, 0.717) is 24.8 Å². The molecule has 1 saturated carbocycles. The van der Waals surface area contributed by atoms with E-state index in [9.17, 15) is 18.3 Å². The fraction of sp³-hybridized carbons (Fsp3) is 0.625. The summed E-state index contributed by atoms with van der Waals surface area (Å²) in [7, 11) is 0. The first-order valence-corrected chi connectivity index (χ1v) is 7.54. The summed E-state index contributed by atoms with van der Waals surface area (Å²) >= 11 is 0. The first kappa shape index (κ1) is 16.1. The number of halogens is 3. The van der Waals surface area contributed by atoms with Crippen LogP contribution in [0.2, 0.25) is 0 Å². The van der Waals surface area contributed by atoms with E-state index in [-0.39, 0.29) is 18.2 Å². The van der Waals surface area contributed by atoms with Crippen LogP contribution < -0.4 is 5.32 Å². The van der Waals surface area contributed by atoms with Crippen molar-refractivity contribution in [2.75, 3.05) is 0 Å². The maximum atomic E-state index is 13.1. The third-order valence-corrected chi connectivity index (χ3v) is 4.32. The zero-order valence-electron chi connectivity index (χ0n) is 12.2. The van der Waals surface area contributed by atoms with Crippen molar-refractivity contribution in [3.8, 4) is 5.75 Å². The van der Waals surface area contributed by atoms with Gasteiger partial charge in [-0.2, -0.15) is 13.2 Å². The van der Waals surface area contributed by atoms with E-state index < -0.39 is 18.1 Å². The van der Waals surface area contributed by atoms with E-state index >= 15 is 0 Å². The number of alkyl halides is 3. The average Bonchev–Trinajstić information content (AvgIpc) is 2.45. The minimum Gasteiger partial charge on any atom is -0.508 e. The summed E-state index contributed by atoms with van der Waals surface area (Å²) in [4.78, 5) is 0. The van der Waals surface area contributed by atoms with Gasteiger partial charge in [0.15, 0.2) is 0 Å². The van der Waals surface area contributed by atoms with Gasteiger partial charge in [-0.25, -0.2) is 0 Å². The Hall–Kier alpha value is -1.23. The van der Waals surface area contributed by atoms with Crippen LogP contribution in [0.5, 0.6) is 5.75 Å². The molecule has 0 amide bonds. The summed E-state index contributed by atoms with van der Waals surface area (Å²) in [5, 5.41) is 13.0. The summed E-state index contributed by atoms with van der Waals surface area (Å²) in [5.41, 5.74) is 0.673. The Morgan fingerprint density at radius 3 is 2.52 bits per heavy atom. The smallest absolute Gasteiger partial charge is 0.393 e. The molecule has 0 saturated heterocycles. The number of nitrogens with one attached hydrogen (secondary N) is 1. The monoisotopic (exact) mass is 301 g/mol. The van der Waals surface area contributed by atoms with Crippen LogP contribution in [0, 0.1) is 5.92 Å². The Morgan fingerprint density at radius 2 is 1.90 bits per heavy atom. The Bertz CT molecular complexity index is 461. The van der Waals surface area contributed by atoms with E-state index in [2.05, 4.69) is 5.32 Å². The molecule has 0 aliphatic heterocycles. The highest BCUT2D eigenvalue weighted by atomic mass is 19.4.